The lowest BCUT2D eigenvalue weighted by Gasteiger charge is -2.35. The summed E-state index contributed by atoms with van der Waals surface area (Å²) in [6.45, 7) is 4.76. The highest BCUT2D eigenvalue weighted by Crippen LogP contribution is 2.28. The van der Waals surface area contributed by atoms with Gasteiger partial charge in [0.25, 0.3) is 0 Å². The number of imidazole rings is 1. The first-order valence-corrected chi connectivity index (χ1v) is 8.75. The molecule has 1 fully saturated rings. The molecule has 2 aromatic rings. The summed E-state index contributed by atoms with van der Waals surface area (Å²) < 4.78 is 5.59. The van der Waals surface area contributed by atoms with Gasteiger partial charge in [-0.1, -0.05) is 0 Å². The van der Waals surface area contributed by atoms with Crippen molar-refractivity contribution in [2.24, 2.45) is 0 Å². The van der Waals surface area contributed by atoms with Crippen LogP contribution < -0.4 is 5.32 Å². The number of amides is 2. The highest BCUT2D eigenvalue weighted by Gasteiger charge is 2.30. The van der Waals surface area contributed by atoms with Gasteiger partial charge in [-0.25, -0.2) is 9.78 Å². The first-order valence-electron chi connectivity index (χ1n) is 8.75. The highest BCUT2D eigenvalue weighted by molar-refractivity contribution is 5.75. The van der Waals surface area contributed by atoms with Crippen LogP contribution in [0.4, 0.5) is 4.79 Å². The van der Waals surface area contributed by atoms with Gasteiger partial charge in [0.05, 0.1) is 6.04 Å². The van der Waals surface area contributed by atoms with E-state index in [9.17, 15) is 4.79 Å². The average Bonchev–Trinajstić information content (AvgIpc) is 3.24. The van der Waals surface area contributed by atoms with Crippen molar-refractivity contribution in [2.45, 2.75) is 58.0 Å². The number of rotatable bonds is 5. The predicted octanol–water partition coefficient (Wildman–Crippen LogP) is 3.57. The zero-order valence-electron chi connectivity index (χ0n) is 14.4. The van der Waals surface area contributed by atoms with Crippen LogP contribution in [0.1, 0.15) is 56.0 Å². The molecule has 0 aliphatic carbocycles. The van der Waals surface area contributed by atoms with Crippen molar-refractivity contribution < 1.29 is 9.21 Å². The summed E-state index contributed by atoms with van der Waals surface area (Å²) in [6, 6.07) is 4.12. The standard InChI is InChI=1S/C18H26N4O2/c1-13(6-8-15-9-7-14(2)24-15)21-18(23)22-12-4-3-5-16(22)17-19-10-11-20-17/h7,9-11,13,16H,3-6,8,12H2,1-2H3,(H,19,20)(H,21,23)/t13-,16+/m1/s1. The first kappa shape index (κ1) is 16.6. The van der Waals surface area contributed by atoms with Crippen LogP contribution in [0.5, 0.6) is 0 Å². The SMILES string of the molecule is Cc1ccc(CC[C@@H](C)NC(=O)N2CCCC[C@H]2c2ncc[nH]2)o1. The molecule has 3 heterocycles. The second-order valence-corrected chi connectivity index (χ2v) is 6.58. The number of carbonyl (C=O) groups excluding carboxylic acids is 1. The van der Waals surface area contributed by atoms with Crippen LogP contribution in [0.15, 0.2) is 28.9 Å². The normalized spacial score (nSPS) is 19.2. The van der Waals surface area contributed by atoms with Crippen molar-refractivity contribution in [3.8, 4) is 0 Å². The summed E-state index contributed by atoms with van der Waals surface area (Å²) in [4.78, 5) is 22.1. The number of nitrogens with zero attached hydrogens (tertiary/aromatic N) is 2. The molecule has 2 amide bonds. The molecule has 0 unspecified atom stereocenters. The van der Waals surface area contributed by atoms with Gasteiger partial charge < -0.3 is 19.6 Å². The van der Waals surface area contributed by atoms with E-state index in [1.165, 1.54) is 0 Å². The van der Waals surface area contributed by atoms with Crippen LogP contribution in [0.2, 0.25) is 0 Å². The van der Waals surface area contributed by atoms with Crippen LogP contribution in [0, 0.1) is 6.92 Å². The van der Waals surface area contributed by atoms with Gasteiger partial charge in [-0.15, -0.1) is 0 Å². The Hall–Kier alpha value is -2.24. The van der Waals surface area contributed by atoms with Gasteiger partial charge in [0.1, 0.15) is 17.3 Å². The van der Waals surface area contributed by atoms with Gasteiger partial charge in [-0.3, -0.25) is 0 Å². The lowest BCUT2D eigenvalue weighted by atomic mass is 10.0. The number of aryl methyl sites for hydroxylation is 2. The van der Waals surface area contributed by atoms with Gasteiger partial charge in [0, 0.05) is 31.4 Å². The first-order chi connectivity index (χ1) is 11.6. The molecule has 0 radical (unpaired) electrons. The summed E-state index contributed by atoms with van der Waals surface area (Å²) in [5.74, 6) is 2.78. The van der Waals surface area contributed by atoms with Crippen molar-refractivity contribution in [1.29, 1.82) is 0 Å². The third kappa shape index (κ3) is 3.99. The van der Waals surface area contributed by atoms with E-state index >= 15 is 0 Å². The molecule has 3 rings (SSSR count). The van der Waals surface area contributed by atoms with Crippen LogP contribution in [-0.4, -0.2) is 33.5 Å². The molecule has 130 valence electrons. The number of furan rings is 1. The van der Waals surface area contributed by atoms with Crippen molar-refractivity contribution in [3.63, 3.8) is 0 Å². The third-order valence-corrected chi connectivity index (χ3v) is 4.59. The Morgan fingerprint density at radius 3 is 3.08 bits per heavy atom. The summed E-state index contributed by atoms with van der Waals surface area (Å²) >= 11 is 0. The number of hydrogen-bond donors (Lipinski definition) is 2. The summed E-state index contributed by atoms with van der Waals surface area (Å²) in [7, 11) is 0. The van der Waals surface area contributed by atoms with E-state index in [0.29, 0.717) is 0 Å². The van der Waals surface area contributed by atoms with Crippen molar-refractivity contribution >= 4 is 6.03 Å². The number of aromatic amines is 1. The quantitative estimate of drug-likeness (QED) is 0.880. The van der Waals surface area contributed by atoms with Crippen LogP contribution in [0.25, 0.3) is 0 Å². The second kappa shape index (κ2) is 7.55. The van der Waals surface area contributed by atoms with E-state index in [1.54, 1.807) is 6.20 Å². The topological polar surface area (TPSA) is 74.2 Å². The highest BCUT2D eigenvalue weighted by atomic mass is 16.3. The van der Waals surface area contributed by atoms with Crippen LogP contribution in [0.3, 0.4) is 0 Å². The average molecular weight is 330 g/mol. The fourth-order valence-corrected chi connectivity index (χ4v) is 3.26. The molecule has 0 aromatic carbocycles. The molecule has 1 aliphatic heterocycles. The van der Waals surface area contributed by atoms with E-state index in [1.807, 2.05) is 37.1 Å². The van der Waals surface area contributed by atoms with E-state index in [4.69, 9.17) is 4.42 Å². The molecule has 6 heteroatoms. The minimum Gasteiger partial charge on any atom is -0.466 e. The lowest BCUT2D eigenvalue weighted by molar-refractivity contribution is 0.145. The molecule has 2 N–H and O–H groups in total. The van der Waals surface area contributed by atoms with Gasteiger partial charge in [0.2, 0.25) is 0 Å². The van der Waals surface area contributed by atoms with E-state index in [0.717, 1.165) is 56.0 Å². The van der Waals surface area contributed by atoms with Gasteiger partial charge in [-0.05, 0) is 51.7 Å². The molecule has 0 spiro atoms. The number of piperidine rings is 1. The fraction of sp³-hybridized carbons (Fsp3) is 0.556. The van der Waals surface area contributed by atoms with Crippen molar-refractivity contribution in [2.75, 3.05) is 6.54 Å². The maximum atomic E-state index is 12.7. The number of likely N-dealkylation sites (tertiary alicyclic amines) is 1. The molecule has 1 saturated heterocycles. The maximum absolute atomic E-state index is 12.7. The predicted molar refractivity (Wildman–Crippen MR) is 91.6 cm³/mol. The summed E-state index contributed by atoms with van der Waals surface area (Å²) in [5, 5.41) is 3.12. The van der Waals surface area contributed by atoms with Crippen LogP contribution >= 0.6 is 0 Å². The van der Waals surface area contributed by atoms with E-state index < -0.39 is 0 Å². The molecule has 1 aliphatic rings. The van der Waals surface area contributed by atoms with E-state index in [2.05, 4.69) is 15.3 Å². The monoisotopic (exact) mass is 330 g/mol. The number of aromatic nitrogens is 2. The Balaban J connectivity index is 1.54. The number of hydrogen-bond acceptors (Lipinski definition) is 3. The molecular formula is C18H26N4O2. The number of nitrogens with one attached hydrogen (secondary N) is 2. The molecule has 24 heavy (non-hydrogen) atoms. The largest absolute Gasteiger partial charge is 0.466 e. The van der Waals surface area contributed by atoms with Crippen molar-refractivity contribution in [1.82, 2.24) is 20.2 Å². The maximum Gasteiger partial charge on any atom is 0.318 e. The minimum atomic E-state index is -0.000717. The molecule has 2 aromatic heterocycles. The fourth-order valence-electron chi connectivity index (χ4n) is 3.26. The zero-order chi connectivity index (χ0) is 16.9. The second-order valence-electron chi connectivity index (χ2n) is 6.58. The number of urea groups is 1. The van der Waals surface area contributed by atoms with Crippen LogP contribution in [-0.2, 0) is 6.42 Å². The molecule has 6 nitrogen and oxygen atoms in total. The summed E-state index contributed by atoms with van der Waals surface area (Å²) in [6.07, 6.45) is 8.38. The molecule has 2 atom stereocenters. The third-order valence-electron chi connectivity index (χ3n) is 4.59. The minimum absolute atomic E-state index is 0.000717. The summed E-state index contributed by atoms with van der Waals surface area (Å²) in [5.41, 5.74) is 0. The zero-order valence-corrected chi connectivity index (χ0v) is 14.4. The van der Waals surface area contributed by atoms with E-state index in [-0.39, 0.29) is 18.1 Å². The number of H-pyrrole nitrogens is 1. The Labute approximate surface area is 142 Å². The van der Waals surface area contributed by atoms with Gasteiger partial charge in [0.15, 0.2) is 0 Å². The Morgan fingerprint density at radius 2 is 2.38 bits per heavy atom. The van der Waals surface area contributed by atoms with Gasteiger partial charge >= 0.3 is 6.03 Å². The lowest BCUT2D eigenvalue weighted by Crippen LogP contribution is -2.47. The number of carbonyl (C=O) groups is 1. The Bertz CT molecular complexity index is 650. The Morgan fingerprint density at radius 1 is 1.50 bits per heavy atom. The molecule has 0 saturated carbocycles. The van der Waals surface area contributed by atoms with Gasteiger partial charge in [-0.2, -0.15) is 0 Å². The Kier molecular flexibility index (Phi) is 5.23. The molecular weight excluding hydrogens is 304 g/mol. The smallest absolute Gasteiger partial charge is 0.318 e. The van der Waals surface area contributed by atoms with Crippen molar-refractivity contribution in [3.05, 3.63) is 41.9 Å². The molecule has 0 bridgehead atoms.